The van der Waals surface area contributed by atoms with Crippen LogP contribution in [0.25, 0.3) is 6.08 Å². The number of benzene rings is 1. The number of allylic oxidation sites excluding steroid dienone is 1. The van der Waals surface area contributed by atoms with E-state index in [2.05, 4.69) is 0 Å². The lowest BCUT2D eigenvalue weighted by Gasteiger charge is -2.12. The van der Waals surface area contributed by atoms with Crippen molar-refractivity contribution in [2.45, 2.75) is 12.8 Å². The van der Waals surface area contributed by atoms with Gasteiger partial charge in [-0.2, -0.15) is 0 Å². The Morgan fingerprint density at radius 1 is 1.05 bits per heavy atom. The van der Waals surface area contributed by atoms with Gasteiger partial charge in [0, 0.05) is 6.42 Å². The number of methoxy groups -OCH3 is 3. The van der Waals surface area contributed by atoms with Gasteiger partial charge in [0.25, 0.3) is 0 Å². The van der Waals surface area contributed by atoms with Gasteiger partial charge in [-0.15, -0.1) is 0 Å². The molecule has 6 nitrogen and oxygen atoms in total. The normalized spacial score (nSPS) is 10.4. The fourth-order valence-electron chi connectivity index (χ4n) is 1.70. The number of ketones is 1. The maximum absolute atomic E-state index is 11.5. The van der Waals surface area contributed by atoms with Gasteiger partial charge in [0.1, 0.15) is 0 Å². The van der Waals surface area contributed by atoms with Crippen molar-refractivity contribution in [3.8, 4) is 17.2 Å². The molecule has 0 atom stereocenters. The first-order chi connectivity index (χ1) is 10.0. The van der Waals surface area contributed by atoms with Crippen LogP contribution in [0.15, 0.2) is 18.2 Å². The zero-order chi connectivity index (χ0) is 15.8. The molecule has 0 aromatic heterocycles. The van der Waals surface area contributed by atoms with Gasteiger partial charge in [-0.3, -0.25) is 9.59 Å². The number of rotatable bonds is 8. The summed E-state index contributed by atoms with van der Waals surface area (Å²) in [6.45, 7) is 0. The highest BCUT2D eigenvalue weighted by atomic mass is 16.5. The monoisotopic (exact) mass is 294 g/mol. The van der Waals surface area contributed by atoms with E-state index in [1.54, 1.807) is 18.2 Å². The highest BCUT2D eigenvalue weighted by molar-refractivity contribution is 5.95. The first kappa shape index (κ1) is 16.6. The van der Waals surface area contributed by atoms with Gasteiger partial charge in [0.15, 0.2) is 17.3 Å². The van der Waals surface area contributed by atoms with Crippen LogP contribution in [0.2, 0.25) is 0 Å². The van der Waals surface area contributed by atoms with E-state index < -0.39 is 5.97 Å². The lowest BCUT2D eigenvalue weighted by Crippen LogP contribution is -2.00. The first-order valence-electron chi connectivity index (χ1n) is 6.24. The highest BCUT2D eigenvalue weighted by Crippen LogP contribution is 2.38. The Labute approximate surface area is 122 Å². The quantitative estimate of drug-likeness (QED) is 0.740. The average Bonchev–Trinajstić information content (AvgIpc) is 2.49. The minimum absolute atomic E-state index is 0.0315. The molecular weight excluding hydrogens is 276 g/mol. The molecule has 1 N–H and O–H groups in total. The van der Waals surface area contributed by atoms with Crippen LogP contribution >= 0.6 is 0 Å². The molecule has 6 heteroatoms. The standard InChI is InChI=1S/C15H18O6/c1-19-12-8-10(9-13(20-2)15(12)21-3)4-5-11(16)6-7-14(17)18/h4-5,8-9H,6-7H2,1-3H3,(H,17,18)/b5-4+. The Bertz CT molecular complexity index is 522. The Kier molecular flexibility index (Phi) is 6.26. The molecule has 1 rings (SSSR count). The highest BCUT2D eigenvalue weighted by Gasteiger charge is 2.12. The number of hydrogen-bond acceptors (Lipinski definition) is 5. The SMILES string of the molecule is COc1cc(/C=C/C(=O)CCC(=O)O)cc(OC)c1OC. The third-order valence-electron chi connectivity index (χ3n) is 2.73. The van der Waals surface area contributed by atoms with Crippen molar-refractivity contribution in [3.63, 3.8) is 0 Å². The number of carbonyl (C=O) groups is 2. The number of hydrogen-bond donors (Lipinski definition) is 1. The fourth-order valence-corrected chi connectivity index (χ4v) is 1.70. The molecule has 0 spiro atoms. The smallest absolute Gasteiger partial charge is 0.303 e. The van der Waals surface area contributed by atoms with Crippen LogP contribution in [-0.2, 0) is 9.59 Å². The lowest BCUT2D eigenvalue weighted by atomic mass is 10.1. The van der Waals surface area contributed by atoms with Crippen molar-refractivity contribution in [1.29, 1.82) is 0 Å². The molecule has 0 aliphatic carbocycles. The van der Waals surface area contributed by atoms with E-state index in [1.807, 2.05) is 0 Å². The van der Waals surface area contributed by atoms with Crippen LogP contribution in [-0.4, -0.2) is 38.2 Å². The molecule has 0 bridgehead atoms. The zero-order valence-corrected chi connectivity index (χ0v) is 12.2. The number of aliphatic carboxylic acids is 1. The molecule has 0 fully saturated rings. The molecule has 1 aromatic carbocycles. The summed E-state index contributed by atoms with van der Waals surface area (Å²) in [5, 5.41) is 8.52. The second kappa shape index (κ2) is 7.94. The summed E-state index contributed by atoms with van der Waals surface area (Å²) >= 11 is 0. The van der Waals surface area contributed by atoms with Crippen LogP contribution in [0.3, 0.4) is 0 Å². The van der Waals surface area contributed by atoms with Crippen LogP contribution in [0, 0.1) is 0 Å². The van der Waals surface area contributed by atoms with Gasteiger partial charge in [-0.25, -0.2) is 0 Å². The largest absolute Gasteiger partial charge is 0.493 e. The summed E-state index contributed by atoms with van der Waals surface area (Å²) in [5.74, 6) is 0.175. The molecular formula is C15H18O6. The molecule has 0 amide bonds. The Morgan fingerprint density at radius 2 is 1.62 bits per heavy atom. The third kappa shape index (κ3) is 4.83. The second-order valence-electron chi connectivity index (χ2n) is 4.15. The van der Waals surface area contributed by atoms with Crippen LogP contribution in [0.5, 0.6) is 17.2 Å². The molecule has 0 saturated heterocycles. The molecule has 114 valence electrons. The second-order valence-corrected chi connectivity index (χ2v) is 4.15. The summed E-state index contributed by atoms with van der Waals surface area (Å²) in [6, 6.07) is 3.39. The molecule has 0 aliphatic heterocycles. The van der Waals surface area contributed by atoms with E-state index in [9.17, 15) is 9.59 Å². The van der Waals surface area contributed by atoms with Gasteiger partial charge in [-0.1, -0.05) is 6.08 Å². The van der Waals surface area contributed by atoms with Gasteiger partial charge in [-0.05, 0) is 23.8 Å². The summed E-state index contributed by atoms with van der Waals surface area (Å²) < 4.78 is 15.6. The van der Waals surface area contributed by atoms with Crippen LogP contribution < -0.4 is 14.2 Å². The van der Waals surface area contributed by atoms with Gasteiger partial charge < -0.3 is 19.3 Å². The van der Waals surface area contributed by atoms with Crippen molar-refractivity contribution in [2.75, 3.05) is 21.3 Å². The molecule has 0 saturated carbocycles. The molecule has 0 radical (unpaired) electrons. The van der Waals surface area contributed by atoms with Crippen molar-refractivity contribution in [3.05, 3.63) is 23.8 Å². The van der Waals surface area contributed by atoms with E-state index in [4.69, 9.17) is 19.3 Å². The Hall–Kier alpha value is -2.50. The summed E-state index contributed by atoms with van der Waals surface area (Å²) in [4.78, 5) is 21.9. The number of ether oxygens (including phenoxy) is 3. The van der Waals surface area contributed by atoms with Gasteiger partial charge in [0.05, 0.1) is 27.8 Å². The predicted molar refractivity (Wildman–Crippen MR) is 77.0 cm³/mol. The van der Waals surface area contributed by atoms with Crippen LogP contribution in [0.1, 0.15) is 18.4 Å². The molecule has 0 unspecified atom stereocenters. The van der Waals surface area contributed by atoms with E-state index >= 15 is 0 Å². The van der Waals surface area contributed by atoms with E-state index in [0.29, 0.717) is 22.8 Å². The Balaban J connectivity index is 2.93. The van der Waals surface area contributed by atoms with Crippen molar-refractivity contribution in [2.24, 2.45) is 0 Å². The maximum Gasteiger partial charge on any atom is 0.303 e. The molecule has 1 aromatic rings. The van der Waals surface area contributed by atoms with Crippen molar-refractivity contribution >= 4 is 17.8 Å². The van der Waals surface area contributed by atoms with Crippen molar-refractivity contribution in [1.82, 2.24) is 0 Å². The van der Waals surface area contributed by atoms with E-state index in [-0.39, 0.29) is 18.6 Å². The van der Waals surface area contributed by atoms with Crippen molar-refractivity contribution < 1.29 is 28.9 Å². The topological polar surface area (TPSA) is 82.1 Å². The summed E-state index contributed by atoms with van der Waals surface area (Å²) in [6.07, 6.45) is 2.70. The molecule has 21 heavy (non-hydrogen) atoms. The van der Waals surface area contributed by atoms with E-state index in [1.165, 1.54) is 27.4 Å². The minimum atomic E-state index is -0.996. The summed E-state index contributed by atoms with van der Waals surface area (Å²) in [7, 11) is 4.51. The lowest BCUT2D eigenvalue weighted by molar-refractivity contribution is -0.138. The fraction of sp³-hybridized carbons (Fsp3) is 0.333. The number of carboxylic acids is 1. The third-order valence-corrected chi connectivity index (χ3v) is 2.73. The van der Waals surface area contributed by atoms with Gasteiger partial charge >= 0.3 is 5.97 Å². The molecule has 0 heterocycles. The number of carboxylic acid groups (broad SMARTS) is 1. The summed E-state index contributed by atoms with van der Waals surface area (Å²) in [5.41, 5.74) is 0.688. The van der Waals surface area contributed by atoms with E-state index in [0.717, 1.165) is 0 Å². The first-order valence-corrected chi connectivity index (χ1v) is 6.24. The van der Waals surface area contributed by atoms with Crippen LogP contribution in [0.4, 0.5) is 0 Å². The number of carbonyl (C=O) groups excluding carboxylic acids is 1. The average molecular weight is 294 g/mol. The maximum atomic E-state index is 11.5. The zero-order valence-electron chi connectivity index (χ0n) is 12.2. The molecule has 0 aliphatic rings. The van der Waals surface area contributed by atoms with Gasteiger partial charge in [0.2, 0.25) is 5.75 Å². The Morgan fingerprint density at radius 3 is 2.05 bits per heavy atom. The minimum Gasteiger partial charge on any atom is -0.493 e. The predicted octanol–water partition coefficient (Wildman–Crippen LogP) is 2.16.